The minimum Gasteiger partial charge on any atom is -0.465 e. The number of hydrogen-bond donors (Lipinski definition) is 1. The number of nitrogens with zero attached hydrogens (tertiary/aromatic N) is 4. The molecule has 3 rings (SSSR count). The summed E-state index contributed by atoms with van der Waals surface area (Å²) >= 11 is 0. The third-order valence-electron chi connectivity index (χ3n) is 2.79. The fraction of sp³-hybridized carbons (Fsp3) is 0.182. The second kappa shape index (κ2) is 3.58. The van der Waals surface area contributed by atoms with E-state index in [1.54, 1.807) is 0 Å². The van der Waals surface area contributed by atoms with Crippen molar-refractivity contribution >= 4 is 11.8 Å². The molecule has 0 atom stereocenters. The third kappa shape index (κ3) is 1.54. The van der Waals surface area contributed by atoms with Crippen LogP contribution in [0.3, 0.4) is 0 Å². The largest absolute Gasteiger partial charge is 0.465 e. The van der Waals surface area contributed by atoms with Gasteiger partial charge in [-0.25, -0.2) is 4.79 Å². The molecule has 0 fully saturated rings. The average molecular weight is 230 g/mol. The maximum absolute atomic E-state index is 11.1. The Morgan fingerprint density at radius 3 is 3.00 bits per heavy atom. The van der Waals surface area contributed by atoms with Crippen molar-refractivity contribution in [3.05, 3.63) is 41.8 Å². The second-order valence-corrected chi connectivity index (χ2v) is 3.84. The Morgan fingerprint density at radius 2 is 2.18 bits per heavy atom. The van der Waals surface area contributed by atoms with Gasteiger partial charge in [0.05, 0.1) is 12.7 Å². The molecule has 0 saturated heterocycles. The van der Waals surface area contributed by atoms with Crippen LogP contribution in [0.1, 0.15) is 5.56 Å². The highest BCUT2D eigenvalue weighted by atomic mass is 16.4. The van der Waals surface area contributed by atoms with Crippen molar-refractivity contribution in [3.63, 3.8) is 0 Å². The topological polar surface area (TPSA) is 68.5 Å². The highest BCUT2D eigenvalue weighted by Crippen LogP contribution is 2.31. The predicted molar refractivity (Wildman–Crippen MR) is 60.3 cm³/mol. The Balaban J connectivity index is 2.12. The summed E-state index contributed by atoms with van der Waals surface area (Å²) in [5.74, 6) is 0.567. The third-order valence-corrected chi connectivity index (χ3v) is 2.79. The molecular weight excluding hydrogens is 220 g/mol. The smallest absolute Gasteiger partial charge is 0.411 e. The Morgan fingerprint density at radius 1 is 1.35 bits per heavy atom. The van der Waals surface area contributed by atoms with Gasteiger partial charge in [0.25, 0.3) is 0 Å². The number of anilines is 1. The molecule has 1 aromatic carbocycles. The van der Waals surface area contributed by atoms with E-state index in [1.165, 1.54) is 11.1 Å². The quantitative estimate of drug-likeness (QED) is 0.742. The molecule has 86 valence electrons. The first-order valence-electron chi connectivity index (χ1n) is 5.20. The van der Waals surface area contributed by atoms with Gasteiger partial charge in [-0.3, -0.25) is 4.90 Å². The standard InChI is InChI=1S/C11H10N4O2/c16-11(17)14-5-8-3-1-2-4-9(8)15-7-12-13-10(15)6-14/h1-4,6H,5,7H2,(H,16,17). The van der Waals surface area contributed by atoms with Gasteiger partial charge in [-0.15, -0.1) is 5.11 Å². The lowest BCUT2D eigenvalue weighted by Gasteiger charge is -2.17. The maximum Gasteiger partial charge on any atom is 0.411 e. The Bertz CT molecular complexity index is 538. The molecule has 2 heterocycles. The van der Waals surface area contributed by atoms with Gasteiger partial charge in [-0.05, 0) is 11.6 Å². The van der Waals surface area contributed by atoms with E-state index in [0.717, 1.165) is 11.3 Å². The number of para-hydroxylation sites is 1. The van der Waals surface area contributed by atoms with Crippen molar-refractivity contribution in [1.29, 1.82) is 0 Å². The monoisotopic (exact) mass is 230 g/mol. The van der Waals surface area contributed by atoms with Crippen LogP contribution in [0, 0.1) is 0 Å². The zero-order valence-electron chi connectivity index (χ0n) is 8.95. The van der Waals surface area contributed by atoms with Gasteiger partial charge in [-0.1, -0.05) is 18.2 Å². The van der Waals surface area contributed by atoms with E-state index in [2.05, 4.69) is 10.2 Å². The summed E-state index contributed by atoms with van der Waals surface area (Å²) in [7, 11) is 0. The minimum atomic E-state index is -0.990. The van der Waals surface area contributed by atoms with Crippen molar-refractivity contribution in [2.24, 2.45) is 10.2 Å². The molecule has 6 nitrogen and oxygen atoms in total. The van der Waals surface area contributed by atoms with Gasteiger partial charge in [0.2, 0.25) is 0 Å². The van der Waals surface area contributed by atoms with Crippen LogP contribution in [0.2, 0.25) is 0 Å². The van der Waals surface area contributed by atoms with Crippen molar-refractivity contribution < 1.29 is 9.90 Å². The molecule has 1 N–H and O–H groups in total. The normalized spacial score (nSPS) is 17.3. The molecule has 2 aliphatic rings. The van der Waals surface area contributed by atoms with E-state index < -0.39 is 6.09 Å². The number of carboxylic acid groups (broad SMARTS) is 1. The van der Waals surface area contributed by atoms with Crippen LogP contribution in [-0.2, 0) is 6.54 Å². The molecule has 6 heteroatoms. The number of rotatable bonds is 0. The summed E-state index contributed by atoms with van der Waals surface area (Å²) in [4.78, 5) is 14.2. The van der Waals surface area contributed by atoms with E-state index in [-0.39, 0.29) is 0 Å². The first-order chi connectivity index (χ1) is 8.25. The highest BCUT2D eigenvalue weighted by Gasteiger charge is 2.26. The molecule has 1 aromatic rings. The van der Waals surface area contributed by atoms with Crippen molar-refractivity contribution in [2.75, 3.05) is 11.6 Å². The van der Waals surface area contributed by atoms with E-state index in [1.807, 2.05) is 29.2 Å². The van der Waals surface area contributed by atoms with Crippen molar-refractivity contribution in [1.82, 2.24) is 4.90 Å². The number of fused-ring (bicyclic) bond motifs is 3. The molecule has 1 amide bonds. The van der Waals surface area contributed by atoms with Gasteiger partial charge >= 0.3 is 6.09 Å². The number of amides is 1. The van der Waals surface area contributed by atoms with Gasteiger partial charge in [-0.2, -0.15) is 5.11 Å². The lowest BCUT2D eigenvalue weighted by atomic mass is 10.1. The van der Waals surface area contributed by atoms with Crippen LogP contribution in [0.5, 0.6) is 0 Å². The number of carbonyl (C=O) groups is 1. The summed E-state index contributed by atoms with van der Waals surface area (Å²) in [6.07, 6.45) is 0.523. The molecule has 0 aromatic heterocycles. The maximum atomic E-state index is 11.1. The summed E-state index contributed by atoms with van der Waals surface area (Å²) in [6, 6.07) is 7.69. The Labute approximate surface area is 97.5 Å². The zero-order chi connectivity index (χ0) is 11.8. The SMILES string of the molecule is O=C(O)N1C=C2N=NCN2c2ccccc2C1. The minimum absolute atomic E-state index is 0.334. The van der Waals surface area contributed by atoms with E-state index >= 15 is 0 Å². The van der Waals surface area contributed by atoms with Crippen molar-refractivity contribution in [2.45, 2.75) is 6.54 Å². The van der Waals surface area contributed by atoms with Crippen LogP contribution in [-0.4, -0.2) is 22.8 Å². The number of benzene rings is 1. The fourth-order valence-corrected chi connectivity index (χ4v) is 1.99. The molecule has 0 bridgehead atoms. The molecule has 0 aliphatic carbocycles. The van der Waals surface area contributed by atoms with Gasteiger partial charge in [0.1, 0.15) is 6.67 Å². The summed E-state index contributed by atoms with van der Waals surface area (Å²) in [5, 5.41) is 17.0. The lowest BCUT2D eigenvalue weighted by molar-refractivity contribution is 0.161. The van der Waals surface area contributed by atoms with Gasteiger partial charge in [0, 0.05) is 5.69 Å². The second-order valence-electron chi connectivity index (χ2n) is 3.84. The summed E-state index contributed by atoms with van der Waals surface area (Å²) in [6.45, 7) is 0.775. The molecule has 0 saturated carbocycles. The van der Waals surface area contributed by atoms with E-state index in [9.17, 15) is 4.79 Å². The summed E-state index contributed by atoms with van der Waals surface area (Å²) in [5.41, 5.74) is 1.92. The van der Waals surface area contributed by atoms with Crippen LogP contribution in [0.4, 0.5) is 10.5 Å². The molecular formula is C11H10N4O2. The molecule has 0 spiro atoms. The predicted octanol–water partition coefficient (Wildman–Crippen LogP) is 2.21. The van der Waals surface area contributed by atoms with E-state index in [0.29, 0.717) is 19.0 Å². The Kier molecular flexibility index (Phi) is 2.07. The van der Waals surface area contributed by atoms with Gasteiger partial charge in [0.15, 0.2) is 5.82 Å². The molecule has 17 heavy (non-hydrogen) atoms. The average Bonchev–Trinajstić information content (AvgIpc) is 2.71. The van der Waals surface area contributed by atoms with Gasteiger partial charge < -0.3 is 10.0 Å². The van der Waals surface area contributed by atoms with Crippen LogP contribution >= 0.6 is 0 Å². The van der Waals surface area contributed by atoms with E-state index in [4.69, 9.17) is 5.11 Å². The highest BCUT2D eigenvalue weighted by molar-refractivity contribution is 5.69. The molecule has 2 aliphatic heterocycles. The number of azo groups is 1. The van der Waals surface area contributed by atoms with Crippen LogP contribution < -0.4 is 4.90 Å². The number of hydrogen-bond acceptors (Lipinski definition) is 4. The Hall–Kier alpha value is -2.37. The fourth-order valence-electron chi connectivity index (χ4n) is 1.99. The lowest BCUT2D eigenvalue weighted by Crippen LogP contribution is -2.22. The van der Waals surface area contributed by atoms with Crippen LogP contribution in [0.25, 0.3) is 0 Å². The van der Waals surface area contributed by atoms with Crippen molar-refractivity contribution in [3.8, 4) is 0 Å². The first-order valence-corrected chi connectivity index (χ1v) is 5.20. The van der Waals surface area contributed by atoms with Crippen LogP contribution in [0.15, 0.2) is 46.5 Å². The molecule has 0 radical (unpaired) electrons. The summed E-state index contributed by atoms with van der Waals surface area (Å²) < 4.78 is 0. The molecule has 0 unspecified atom stereocenters. The first kappa shape index (κ1) is 9.83. The zero-order valence-corrected chi connectivity index (χ0v) is 8.95.